The van der Waals surface area contributed by atoms with E-state index in [9.17, 15) is 19.3 Å². The molecular weight excluding hydrogens is 497 g/mol. The van der Waals surface area contributed by atoms with Gasteiger partial charge in [0.05, 0.1) is 28.1 Å². The summed E-state index contributed by atoms with van der Waals surface area (Å²) in [5.74, 6) is -0.294. The summed E-state index contributed by atoms with van der Waals surface area (Å²) in [6.45, 7) is -0.0371. The number of hydrogen-bond donors (Lipinski definition) is 1. The van der Waals surface area contributed by atoms with Crippen LogP contribution in [0.5, 0.6) is 11.5 Å². The normalized spacial score (nSPS) is 11.1. The Hall–Kier alpha value is -4.02. The number of methoxy groups -OCH3 is 1. The Balaban J connectivity index is 1.45. The van der Waals surface area contributed by atoms with Crippen molar-refractivity contribution in [1.82, 2.24) is 5.43 Å². The van der Waals surface area contributed by atoms with Crippen LogP contribution < -0.4 is 14.9 Å². The number of amides is 1. The van der Waals surface area contributed by atoms with Crippen LogP contribution in [-0.2, 0) is 6.61 Å². The lowest BCUT2D eigenvalue weighted by atomic mass is 10.2. The number of carbonyl (C=O) groups is 1. The predicted octanol–water partition coefficient (Wildman–Crippen LogP) is 5.95. The second kappa shape index (κ2) is 10.5. The zero-order chi connectivity index (χ0) is 24.9. The summed E-state index contributed by atoms with van der Waals surface area (Å²) in [4.78, 5) is 23.3. The lowest BCUT2D eigenvalue weighted by Crippen LogP contribution is -2.16. The number of hydrogen-bond acceptors (Lipinski definition) is 7. The number of ether oxygens (including phenoxy) is 2. The van der Waals surface area contributed by atoms with Crippen molar-refractivity contribution in [2.75, 3.05) is 7.11 Å². The molecule has 0 radical (unpaired) electrons. The Labute approximate surface area is 207 Å². The van der Waals surface area contributed by atoms with Crippen LogP contribution in [0.15, 0.2) is 65.8 Å². The number of thiophene rings is 1. The Kier molecular flexibility index (Phi) is 7.23. The molecule has 178 valence electrons. The molecule has 0 spiro atoms. The number of nitro benzene ring substituents is 1. The van der Waals surface area contributed by atoms with Gasteiger partial charge >= 0.3 is 0 Å². The van der Waals surface area contributed by atoms with Crippen molar-refractivity contribution in [2.45, 2.75) is 6.61 Å². The Morgan fingerprint density at radius 1 is 1.23 bits per heavy atom. The Bertz CT molecular complexity index is 1460. The molecule has 8 nitrogen and oxygen atoms in total. The van der Waals surface area contributed by atoms with E-state index in [-0.39, 0.29) is 28.9 Å². The van der Waals surface area contributed by atoms with Gasteiger partial charge in [-0.15, -0.1) is 11.3 Å². The Morgan fingerprint density at radius 3 is 2.77 bits per heavy atom. The molecule has 0 saturated heterocycles. The lowest BCUT2D eigenvalue weighted by Gasteiger charge is -2.13. The second-order valence-corrected chi connectivity index (χ2v) is 8.69. The van der Waals surface area contributed by atoms with Crippen LogP contribution in [0, 0.1) is 15.9 Å². The van der Waals surface area contributed by atoms with E-state index in [1.54, 1.807) is 42.5 Å². The van der Waals surface area contributed by atoms with Gasteiger partial charge in [-0.3, -0.25) is 14.9 Å². The van der Waals surface area contributed by atoms with Gasteiger partial charge in [0.2, 0.25) is 0 Å². The molecule has 1 N–H and O–H groups in total. The van der Waals surface area contributed by atoms with Crippen LogP contribution in [0.3, 0.4) is 0 Å². The number of non-ortho nitro benzene ring substituents is 1. The smallest absolute Gasteiger partial charge is 0.281 e. The first-order valence-corrected chi connectivity index (χ1v) is 11.3. The van der Waals surface area contributed by atoms with Crippen LogP contribution in [-0.4, -0.2) is 24.2 Å². The molecule has 0 bridgehead atoms. The van der Waals surface area contributed by atoms with Crippen molar-refractivity contribution in [3.63, 3.8) is 0 Å². The molecule has 0 fully saturated rings. The molecule has 1 heterocycles. The molecule has 0 aliphatic rings. The minimum atomic E-state index is -0.489. The van der Waals surface area contributed by atoms with Gasteiger partial charge in [0.1, 0.15) is 12.4 Å². The third-order valence-corrected chi connectivity index (χ3v) is 6.29. The summed E-state index contributed by atoms with van der Waals surface area (Å²) < 4.78 is 25.6. The largest absolute Gasteiger partial charge is 0.493 e. The summed E-state index contributed by atoms with van der Waals surface area (Å²) in [5, 5.41) is 15.7. The van der Waals surface area contributed by atoms with Gasteiger partial charge in [-0.25, -0.2) is 9.82 Å². The number of rotatable bonds is 8. The molecule has 0 aliphatic heterocycles. The van der Waals surface area contributed by atoms with Crippen LogP contribution in [0.1, 0.15) is 20.8 Å². The summed E-state index contributed by atoms with van der Waals surface area (Å²) in [7, 11) is 1.44. The van der Waals surface area contributed by atoms with Crippen molar-refractivity contribution in [3.8, 4) is 11.5 Å². The number of halogens is 2. The predicted molar refractivity (Wildman–Crippen MR) is 132 cm³/mol. The van der Waals surface area contributed by atoms with E-state index < -0.39 is 10.8 Å². The highest BCUT2D eigenvalue weighted by molar-refractivity contribution is 7.20. The highest BCUT2D eigenvalue weighted by atomic mass is 35.5. The number of fused-ring (bicyclic) bond motifs is 1. The van der Waals surface area contributed by atoms with Gasteiger partial charge in [-0.2, -0.15) is 5.10 Å². The van der Waals surface area contributed by atoms with Crippen molar-refractivity contribution in [1.29, 1.82) is 0 Å². The van der Waals surface area contributed by atoms with Gasteiger partial charge in [-0.1, -0.05) is 29.8 Å². The highest BCUT2D eigenvalue weighted by Gasteiger charge is 2.15. The van der Waals surface area contributed by atoms with E-state index in [4.69, 9.17) is 21.1 Å². The SMILES string of the molecule is COc1cc(/C=N\NC(=O)c2cc3cc([N+](=O)[O-])ccc3s2)cc(Cl)c1OCc1ccccc1F. The molecule has 3 aromatic carbocycles. The fourth-order valence-corrected chi connectivity index (χ4v) is 4.40. The van der Waals surface area contributed by atoms with E-state index in [1.165, 1.54) is 42.9 Å². The minimum absolute atomic E-state index is 0.0371. The van der Waals surface area contributed by atoms with Crippen LogP contribution in [0.25, 0.3) is 10.1 Å². The topological polar surface area (TPSA) is 103 Å². The summed E-state index contributed by atoms with van der Waals surface area (Å²) in [6.07, 6.45) is 1.38. The van der Waals surface area contributed by atoms with Crippen LogP contribution >= 0.6 is 22.9 Å². The summed E-state index contributed by atoms with van der Waals surface area (Å²) in [6, 6.07) is 15.4. The van der Waals surface area contributed by atoms with E-state index in [1.807, 2.05) is 0 Å². The third kappa shape index (κ3) is 5.56. The molecule has 11 heteroatoms. The maximum atomic E-state index is 13.9. The lowest BCUT2D eigenvalue weighted by molar-refractivity contribution is -0.384. The molecule has 4 rings (SSSR count). The van der Waals surface area contributed by atoms with E-state index in [0.29, 0.717) is 27.1 Å². The number of carbonyl (C=O) groups excluding carboxylic acids is 1. The van der Waals surface area contributed by atoms with Crippen LogP contribution in [0.2, 0.25) is 5.02 Å². The molecular formula is C24H17ClFN3O5S. The molecule has 1 aromatic heterocycles. The highest BCUT2D eigenvalue weighted by Crippen LogP contribution is 2.36. The molecule has 0 atom stereocenters. The first-order chi connectivity index (χ1) is 16.9. The molecule has 4 aromatic rings. The zero-order valence-corrected chi connectivity index (χ0v) is 19.7. The second-order valence-electron chi connectivity index (χ2n) is 7.20. The van der Waals surface area contributed by atoms with E-state index in [0.717, 1.165) is 4.70 Å². The maximum absolute atomic E-state index is 13.9. The standard InChI is InChI=1S/C24H17ClFN3O5S/c1-33-20-9-14(8-18(25)23(20)34-13-15-4-2-3-5-19(15)26)12-27-28-24(30)22-11-16-10-17(29(31)32)6-7-21(16)35-22/h2-12H,13H2,1H3,(H,28,30)/b27-12-. The molecule has 0 unspecified atom stereocenters. The molecule has 0 saturated carbocycles. The fourth-order valence-electron chi connectivity index (χ4n) is 3.20. The maximum Gasteiger partial charge on any atom is 0.281 e. The number of benzene rings is 3. The summed E-state index contributed by atoms with van der Waals surface area (Å²) >= 11 is 7.54. The average Bonchev–Trinajstić information content (AvgIpc) is 3.27. The van der Waals surface area contributed by atoms with Gasteiger partial charge < -0.3 is 9.47 Å². The van der Waals surface area contributed by atoms with Gasteiger partial charge in [-0.05, 0) is 35.9 Å². The van der Waals surface area contributed by atoms with E-state index in [2.05, 4.69) is 10.5 Å². The summed E-state index contributed by atoms with van der Waals surface area (Å²) in [5.41, 5.74) is 3.27. The molecule has 1 amide bonds. The fraction of sp³-hybridized carbons (Fsp3) is 0.0833. The monoisotopic (exact) mass is 513 g/mol. The number of nitrogens with zero attached hydrogens (tertiary/aromatic N) is 2. The van der Waals surface area contributed by atoms with Crippen molar-refractivity contribution < 1.29 is 23.6 Å². The quantitative estimate of drug-likeness (QED) is 0.178. The zero-order valence-electron chi connectivity index (χ0n) is 18.2. The average molecular weight is 514 g/mol. The molecule has 35 heavy (non-hydrogen) atoms. The first kappa shape index (κ1) is 24.1. The van der Waals surface area contributed by atoms with Gasteiger partial charge in [0.25, 0.3) is 11.6 Å². The van der Waals surface area contributed by atoms with Gasteiger partial charge in [0, 0.05) is 27.8 Å². The first-order valence-electron chi connectivity index (χ1n) is 10.1. The number of nitrogens with one attached hydrogen (secondary N) is 1. The van der Waals surface area contributed by atoms with E-state index >= 15 is 0 Å². The third-order valence-electron chi connectivity index (χ3n) is 4.90. The number of hydrazone groups is 1. The van der Waals surface area contributed by atoms with Crippen molar-refractivity contribution in [2.24, 2.45) is 5.10 Å². The number of nitro groups is 1. The van der Waals surface area contributed by atoms with Crippen LogP contribution in [0.4, 0.5) is 10.1 Å². The van der Waals surface area contributed by atoms with Gasteiger partial charge in [0.15, 0.2) is 11.5 Å². The van der Waals surface area contributed by atoms with Crippen molar-refractivity contribution >= 4 is 50.8 Å². The minimum Gasteiger partial charge on any atom is -0.493 e. The molecule has 0 aliphatic carbocycles. The van der Waals surface area contributed by atoms with Crippen molar-refractivity contribution in [3.05, 3.63) is 97.6 Å². The Morgan fingerprint density at radius 2 is 2.03 bits per heavy atom.